The molecule has 0 atom stereocenters. The molecule has 1 aromatic carbocycles. The molecule has 0 aliphatic heterocycles. The fraction of sp³-hybridized carbons (Fsp3) is 0.364. The number of rotatable bonds is 3. The van der Waals surface area contributed by atoms with Crippen LogP contribution >= 0.6 is 0 Å². The van der Waals surface area contributed by atoms with Crippen molar-refractivity contribution >= 4 is 5.97 Å². The van der Waals surface area contributed by atoms with Crippen molar-refractivity contribution in [3.05, 3.63) is 28.8 Å². The fourth-order valence-corrected chi connectivity index (χ4v) is 1.45. The first-order chi connectivity index (χ1) is 6.54. The summed E-state index contributed by atoms with van der Waals surface area (Å²) in [4.78, 5) is 10.6. The second kappa shape index (κ2) is 4.13. The molecule has 1 N–H and O–H groups in total. The quantitative estimate of drug-likeness (QED) is 0.799. The highest BCUT2D eigenvalue weighted by molar-refractivity contribution is 5.71. The highest BCUT2D eigenvalue weighted by atomic mass is 16.5. The van der Waals surface area contributed by atoms with Gasteiger partial charge < -0.3 is 9.84 Å². The van der Waals surface area contributed by atoms with Crippen molar-refractivity contribution in [1.29, 1.82) is 0 Å². The topological polar surface area (TPSA) is 46.5 Å². The molecule has 0 amide bonds. The van der Waals surface area contributed by atoms with E-state index in [2.05, 4.69) is 0 Å². The van der Waals surface area contributed by atoms with E-state index in [0.717, 1.165) is 22.4 Å². The summed E-state index contributed by atoms with van der Waals surface area (Å²) in [5, 5.41) is 8.68. The van der Waals surface area contributed by atoms with E-state index < -0.39 is 5.97 Å². The van der Waals surface area contributed by atoms with Crippen LogP contribution in [0.15, 0.2) is 12.1 Å². The number of benzene rings is 1. The molecule has 0 aliphatic rings. The molecule has 3 nitrogen and oxygen atoms in total. The highest BCUT2D eigenvalue weighted by Crippen LogP contribution is 2.22. The maximum absolute atomic E-state index is 10.6. The number of methoxy groups -OCH3 is 1. The van der Waals surface area contributed by atoms with Crippen molar-refractivity contribution in [2.75, 3.05) is 7.11 Å². The molecule has 0 radical (unpaired) electrons. The summed E-state index contributed by atoms with van der Waals surface area (Å²) >= 11 is 0. The molecular formula is C11H14O3. The molecule has 1 aromatic rings. The lowest BCUT2D eigenvalue weighted by molar-refractivity contribution is -0.136. The van der Waals surface area contributed by atoms with Gasteiger partial charge in [0.1, 0.15) is 5.75 Å². The Kier molecular flexibility index (Phi) is 3.12. The zero-order chi connectivity index (χ0) is 10.7. The van der Waals surface area contributed by atoms with Gasteiger partial charge in [-0.1, -0.05) is 6.07 Å². The van der Waals surface area contributed by atoms with Gasteiger partial charge in [0.15, 0.2) is 0 Å². The normalized spacial score (nSPS) is 9.93. The van der Waals surface area contributed by atoms with E-state index in [-0.39, 0.29) is 6.42 Å². The molecule has 0 saturated carbocycles. The Hall–Kier alpha value is -1.51. The van der Waals surface area contributed by atoms with E-state index in [1.54, 1.807) is 13.2 Å². The third-order valence-corrected chi connectivity index (χ3v) is 2.20. The lowest BCUT2D eigenvalue weighted by Crippen LogP contribution is -2.03. The molecule has 0 bridgehead atoms. The molecule has 76 valence electrons. The minimum atomic E-state index is -0.820. The van der Waals surface area contributed by atoms with Crippen LogP contribution < -0.4 is 4.74 Å². The predicted molar refractivity (Wildman–Crippen MR) is 53.8 cm³/mol. The molecular weight excluding hydrogens is 180 g/mol. The van der Waals surface area contributed by atoms with E-state index in [9.17, 15) is 4.79 Å². The summed E-state index contributed by atoms with van der Waals surface area (Å²) in [6, 6.07) is 3.73. The zero-order valence-corrected chi connectivity index (χ0v) is 8.63. The van der Waals surface area contributed by atoms with Gasteiger partial charge in [0.05, 0.1) is 13.5 Å². The first-order valence-electron chi connectivity index (χ1n) is 4.40. The monoisotopic (exact) mass is 194 g/mol. The molecule has 1 rings (SSSR count). The number of ether oxygens (including phenoxy) is 1. The maximum atomic E-state index is 10.6. The van der Waals surface area contributed by atoms with Crippen molar-refractivity contribution in [3.8, 4) is 5.75 Å². The summed E-state index contributed by atoms with van der Waals surface area (Å²) in [6.45, 7) is 3.85. The number of carbonyl (C=O) groups is 1. The maximum Gasteiger partial charge on any atom is 0.307 e. The Labute approximate surface area is 83.3 Å². The SMILES string of the molecule is COc1cc(CC(=O)O)c(C)cc1C. The van der Waals surface area contributed by atoms with Gasteiger partial charge in [-0.15, -0.1) is 0 Å². The smallest absolute Gasteiger partial charge is 0.307 e. The molecule has 0 aliphatic carbocycles. The van der Waals surface area contributed by atoms with Crippen LogP contribution in [0, 0.1) is 13.8 Å². The second-order valence-corrected chi connectivity index (χ2v) is 3.32. The third kappa shape index (κ3) is 2.25. The van der Waals surface area contributed by atoms with Crippen LogP contribution in [0.25, 0.3) is 0 Å². The molecule has 3 heteroatoms. The predicted octanol–water partition coefficient (Wildman–Crippen LogP) is 1.94. The minimum Gasteiger partial charge on any atom is -0.496 e. The molecule has 0 fully saturated rings. The first-order valence-corrected chi connectivity index (χ1v) is 4.40. The molecule has 0 saturated heterocycles. The summed E-state index contributed by atoms with van der Waals surface area (Å²) in [6.07, 6.45) is 0.0441. The van der Waals surface area contributed by atoms with Gasteiger partial charge >= 0.3 is 5.97 Å². The lowest BCUT2D eigenvalue weighted by Gasteiger charge is -2.09. The Bertz CT molecular complexity index is 356. The number of carboxylic acids is 1. The van der Waals surface area contributed by atoms with Gasteiger partial charge in [0.2, 0.25) is 0 Å². The van der Waals surface area contributed by atoms with Crippen molar-refractivity contribution in [2.45, 2.75) is 20.3 Å². The van der Waals surface area contributed by atoms with Gasteiger partial charge in [0.25, 0.3) is 0 Å². The van der Waals surface area contributed by atoms with Crippen molar-refractivity contribution in [1.82, 2.24) is 0 Å². The third-order valence-electron chi connectivity index (χ3n) is 2.20. The Balaban J connectivity index is 3.10. The number of hydrogen-bond donors (Lipinski definition) is 1. The van der Waals surface area contributed by atoms with Crippen LogP contribution in [-0.4, -0.2) is 18.2 Å². The summed E-state index contributed by atoms with van der Waals surface area (Å²) in [5.74, 6) is -0.0779. The molecule has 0 aromatic heterocycles. The fourth-order valence-electron chi connectivity index (χ4n) is 1.45. The Morgan fingerprint density at radius 3 is 2.50 bits per heavy atom. The van der Waals surface area contributed by atoms with Gasteiger partial charge in [-0.25, -0.2) is 0 Å². The first kappa shape index (κ1) is 10.6. The lowest BCUT2D eigenvalue weighted by atomic mass is 10.0. The zero-order valence-electron chi connectivity index (χ0n) is 8.63. The van der Waals surface area contributed by atoms with Crippen LogP contribution in [0.1, 0.15) is 16.7 Å². The molecule has 14 heavy (non-hydrogen) atoms. The van der Waals surface area contributed by atoms with E-state index >= 15 is 0 Å². The average Bonchev–Trinajstić information content (AvgIpc) is 2.09. The van der Waals surface area contributed by atoms with Crippen LogP contribution in [0.5, 0.6) is 5.75 Å². The standard InChI is InChI=1S/C11H14O3/c1-7-4-8(2)10(14-3)5-9(7)6-11(12)13/h4-5H,6H2,1-3H3,(H,12,13). The number of aliphatic carboxylic acids is 1. The minimum absolute atomic E-state index is 0.0441. The molecule has 0 spiro atoms. The van der Waals surface area contributed by atoms with E-state index in [1.807, 2.05) is 19.9 Å². The average molecular weight is 194 g/mol. The highest BCUT2D eigenvalue weighted by Gasteiger charge is 2.07. The van der Waals surface area contributed by atoms with Gasteiger partial charge in [0, 0.05) is 0 Å². The van der Waals surface area contributed by atoms with E-state index in [1.165, 1.54) is 0 Å². The van der Waals surface area contributed by atoms with Gasteiger partial charge in [-0.2, -0.15) is 0 Å². The second-order valence-electron chi connectivity index (χ2n) is 3.32. The van der Waals surface area contributed by atoms with E-state index in [0.29, 0.717) is 0 Å². The summed E-state index contributed by atoms with van der Waals surface area (Å²) in [7, 11) is 1.59. The van der Waals surface area contributed by atoms with Crippen LogP contribution in [-0.2, 0) is 11.2 Å². The Morgan fingerprint density at radius 2 is 2.00 bits per heavy atom. The van der Waals surface area contributed by atoms with Crippen molar-refractivity contribution < 1.29 is 14.6 Å². The summed E-state index contributed by atoms with van der Waals surface area (Å²) < 4.78 is 5.13. The van der Waals surface area contributed by atoms with Crippen molar-refractivity contribution in [2.24, 2.45) is 0 Å². The molecule has 0 heterocycles. The van der Waals surface area contributed by atoms with Crippen molar-refractivity contribution in [3.63, 3.8) is 0 Å². The molecule has 0 unspecified atom stereocenters. The number of aryl methyl sites for hydroxylation is 2. The van der Waals surface area contributed by atoms with Gasteiger partial charge in [-0.05, 0) is 36.6 Å². The number of hydrogen-bond acceptors (Lipinski definition) is 2. The Morgan fingerprint density at radius 1 is 1.36 bits per heavy atom. The van der Waals surface area contributed by atoms with Gasteiger partial charge in [-0.3, -0.25) is 4.79 Å². The summed E-state index contributed by atoms with van der Waals surface area (Å²) in [5.41, 5.74) is 2.82. The largest absolute Gasteiger partial charge is 0.496 e. The van der Waals surface area contributed by atoms with Crippen LogP contribution in [0.3, 0.4) is 0 Å². The van der Waals surface area contributed by atoms with Crippen LogP contribution in [0.4, 0.5) is 0 Å². The van der Waals surface area contributed by atoms with E-state index in [4.69, 9.17) is 9.84 Å². The van der Waals surface area contributed by atoms with Crippen LogP contribution in [0.2, 0.25) is 0 Å². The number of carboxylic acid groups (broad SMARTS) is 1.